The average molecular weight is 203 g/mol. The predicted octanol–water partition coefficient (Wildman–Crippen LogP) is 0.504. The van der Waals surface area contributed by atoms with Gasteiger partial charge in [-0.3, -0.25) is 9.59 Å². The van der Waals surface area contributed by atoms with Gasteiger partial charge in [-0.2, -0.15) is 0 Å². The average Bonchev–Trinajstić information content (AvgIpc) is 2.02. The molecule has 0 amide bonds. The Morgan fingerprint density at radius 1 is 1.36 bits per heavy atom. The summed E-state index contributed by atoms with van der Waals surface area (Å²) in [7, 11) is 1.79. The first-order valence-corrected chi connectivity index (χ1v) is 4.60. The third-order valence-electron chi connectivity index (χ3n) is 1.91. The van der Waals surface area contributed by atoms with E-state index < -0.39 is 17.9 Å². The summed E-state index contributed by atoms with van der Waals surface area (Å²) < 4.78 is 0. The molecule has 0 radical (unpaired) electrons. The van der Waals surface area contributed by atoms with Crippen molar-refractivity contribution in [1.29, 1.82) is 0 Å². The third kappa shape index (κ3) is 5.53. The van der Waals surface area contributed by atoms with Crippen molar-refractivity contribution >= 4 is 11.9 Å². The van der Waals surface area contributed by atoms with Crippen molar-refractivity contribution < 1.29 is 19.8 Å². The first-order chi connectivity index (χ1) is 6.47. The van der Waals surface area contributed by atoms with Gasteiger partial charge >= 0.3 is 11.9 Å². The molecular formula is C9H17NO4. The molecule has 0 aromatic heterocycles. The maximum Gasteiger partial charge on any atom is 0.308 e. The van der Waals surface area contributed by atoms with Gasteiger partial charge in [0.1, 0.15) is 0 Å². The highest BCUT2D eigenvalue weighted by atomic mass is 16.4. The van der Waals surface area contributed by atoms with Gasteiger partial charge in [-0.05, 0) is 20.0 Å². The van der Waals surface area contributed by atoms with E-state index in [1.54, 1.807) is 7.05 Å². The van der Waals surface area contributed by atoms with Crippen LogP contribution in [0.3, 0.4) is 0 Å². The molecule has 0 aliphatic heterocycles. The second kappa shape index (κ2) is 6.37. The van der Waals surface area contributed by atoms with Gasteiger partial charge in [-0.25, -0.2) is 0 Å². The molecule has 2 N–H and O–H groups in total. The van der Waals surface area contributed by atoms with Crippen molar-refractivity contribution in [2.45, 2.75) is 19.8 Å². The van der Waals surface area contributed by atoms with Gasteiger partial charge in [-0.15, -0.1) is 0 Å². The lowest BCUT2D eigenvalue weighted by molar-refractivity contribution is -0.148. The highest BCUT2D eigenvalue weighted by Gasteiger charge is 2.22. The van der Waals surface area contributed by atoms with Crippen LogP contribution in [0.4, 0.5) is 0 Å². The summed E-state index contributed by atoms with van der Waals surface area (Å²) in [6.07, 6.45) is 0.610. The third-order valence-corrected chi connectivity index (χ3v) is 1.91. The fourth-order valence-electron chi connectivity index (χ4n) is 1.29. The molecular weight excluding hydrogens is 186 g/mol. The summed E-state index contributed by atoms with van der Waals surface area (Å²) in [6.45, 7) is 3.06. The quantitative estimate of drug-likeness (QED) is 0.630. The summed E-state index contributed by atoms with van der Waals surface area (Å²) >= 11 is 0. The van der Waals surface area contributed by atoms with Crippen molar-refractivity contribution in [3.63, 3.8) is 0 Å². The first kappa shape index (κ1) is 12.9. The lowest BCUT2D eigenvalue weighted by atomic mass is 10.1. The molecule has 1 unspecified atom stereocenters. The van der Waals surface area contributed by atoms with Crippen LogP contribution < -0.4 is 0 Å². The van der Waals surface area contributed by atoms with Gasteiger partial charge in [-0.1, -0.05) is 6.92 Å². The molecule has 5 nitrogen and oxygen atoms in total. The number of hydrogen-bond donors (Lipinski definition) is 2. The molecule has 0 saturated heterocycles. The summed E-state index contributed by atoms with van der Waals surface area (Å²) in [5.41, 5.74) is 0. The molecule has 14 heavy (non-hydrogen) atoms. The number of carboxylic acids is 2. The fourth-order valence-corrected chi connectivity index (χ4v) is 1.29. The van der Waals surface area contributed by atoms with Gasteiger partial charge in [0, 0.05) is 6.54 Å². The van der Waals surface area contributed by atoms with Crippen LogP contribution in [0.1, 0.15) is 19.8 Å². The van der Waals surface area contributed by atoms with Crippen molar-refractivity contribution in [1.82, 2.24) is 4.90 Å². The number of nitrogens with zero attached hydrogens (tertiary/aromatic N) is 1. The fraction of sp³-hybridized carbons (Fsp3) is 0.778. The Hall–Kier alpha value is -1.10. The molecule has 0 rings (SSSR count). The summed E-state index contributed by atoms with van der Waals surface area (Å²) in [4.78, 5) is 22.9. The van der Waals surface area contributed by atoms with Crippen LogP contribution in [-0.2, 0) is 9.59 Å². The lowest BCUT2D eigenvalue weighted by Gasteiger charge is -2.19. The number of hydrogen-bond acceptors (Lipinski definition) is 3. The molecule has 0 aromatic carbocycles. The molecule has 1 atom stereocenters. The predicted molar refractivity (Wildman–Crippen MR) is 51.2 cm³/mol. The van der Waals surface area contributed by atoms with E-state index in [0.29, 0.717) is 0 Å². The monoisotopic (exact) mass is 203 g/mol. The molecule has 0 aromatic rings. The van der Waals surface area contributed by atoms with E-state index in [4.69, 9.17) is 10.2 Å². The second-order valence-electron chi connectivity index (χ2n) is 3.40. The highest BCUT2D eigenvalue weighted by molar-refractivity contribution is 5.77. The van der Waals surface area contributed by atoms with E-state index in [0.717, 1.165) is 13.0 Å². The smallest absolute Gasteiger partial charge is 0.308 e. The molecule has 5 heteroatoms. The Balaban J connectivity index is 4.08. The van der Waals surface area contributed by atoms with Crippen LogP contribution in [0.5, 0.6) is 0 Å². The van der Waals surface area contributed by atoms with Crippen LogP contribution in [0.15, 0.2) is 0 Å². The largest absolute Gasteiger partial charge is 0.481 e. The number of carboxylic acid groups (broad SMARTS) is 2. The summed E-state index contributed by atoms with van der Waals surface area (Å²) in [5.74, 6) is -2.93. The van der Waals surface area contributed by atoms with Gasteiger partial charge in [0.05, 0.1) is 12.3 Å². The van der Waals surface area contributed by atoms with Crippen molar-refractivity contribution in [2.24, 2.45) is 5.92 Å². The number of carbonyl (C=O) groups is 2. The van der Waals surface area contributed by atoms with Crippen LogP contribution in [-0.4, -0.2) is 47.2 Å². The maximum absolute atomic E-state index is 10.7. The second-order valence-corrected chi connectivity index (χ2v) is 3.40. The lowest BCUT2D eigenvalue weighted by Crippen LogP contribution is -2.32. The molecule has 0 heterocycles. The Morgan fingerprint density at radius 3 is 2.29 bits per heavy atom. The SMILES string of the molecule is CCCN(C)CC(CC(=O)O)C(=O)O. The minimum Gasteiger partial charge on any atom is -0.481 e. The van der Waals surface area contributed by atoms with Gasteiger partial charge < -0.3 is 15.1 Å². The molecule has 0 aliphatic rings. The summed E-state index contributed by atoms with van der Waals surface area (Å²) in [5, 5.41) is 17.2. The van der Waals surface area contributed by atoms with Crippen LogP contribution >= 0.6 is 0 Å². The minimum absolute atomic E-state index is 0.287. The van der Waals surface area contributed by atoms with Gasteiger partial charge in [0.25, 0.3) is 0 Å². The summed E-state index contributed by atoms with van der Waals surface area (Å²) in [6, 6.07) is 0. The standard InChI is InChI=1S/C9H17NO4/c1-3-4-10(2)6-7(9(13)14)5-8(11)12/h7H,3-6H2,1-2H3,(H,11,12)(H,13,14). The van der Waals surface area contributed by atoms with Crippen LogP contribution in [0.2, 0.25) is 0 Å². The van der Waals surface area contributed by atoms with E-state index >= 15 is 0 Å². The van der Waals surface area contributed by atoms with Crippen molar-refractivity contribution in [2.75, 3.05) is 20.1 Å². The molecule has 0 aliphatic carbocycles. The van der Waals surface area contributed by atoms with E-state index in [-0.39, 0.29) is 13.0 Å². The molecule has 0 bridgehead atoms. The van der Waals surface area contributed by atoms with Crippen LogP contribution in [0.25, 0.3) is 0 Å². The Labute approximate surface area is 83.3 Å². The Kier molecular flexibility index (Phi) is 5.87. The van der Waals surface area contributed by atoms with Crippen molar-refractivity contribution in [3.05, 3.63) is 0 Å². The topological polar surface area (TPSA) is 77.8 Å². The molecule has 0 fully saturated rings. The zero-order chi connectivity index (χ0) is 11.1. The van der Waals surface area contributed by atoms with Gasteiger partial charge in [0.15, 0.2) is 0 Å². The van der Waals surface area contributed by atoms with E-state index in [9.17, 15) is 9.59 Å². The Morgan fingerprint density at radius 2 is 1.93 bits per heavy atom. The molecule has 0 spiro atoms. The first-order valence-electron chi connectivity index (χ1n) is 4.60. The van der Waals surface area contributed by atoms with Crippen molar-refractivity contribution in [3.8, 4) is 0 Å². The maximum atomic E-state index is 10.7. The highest BCUT2D eigenvalue weighted by Crippen LogP contribution is 2.06. The van der Waals surface area contributed by atoms with Gasteiger partial charge in [0.2, 0.25) is 0 Å². The number of aliphatic carboxylic acids is 2. The van der Waals surface area contributed by atoms with E-state index in [2.05, 4.69) is 0 Å². The zero-order valence-electron chi connectivity index (χ0n) is 8.56. The molecule has 0 saturated carbocycles. The van der Waals surface area contributed by atoms with E-state index in [1.165, 1.54) is 0 Å². The Bertz CT molecular complexity index is 205. The van der Waals surface area contributed by atoms with Crippen LogP contribution in [0, 0.1) is 5.92 Å². The molecule has 82 valence electrons. The zero-order valence-corrected chi connectivity index (χ0v) is 8.56. The minimum atomic E-state index is -1.07. The van der Waals surface area contributed by atoms with E-state index in [1.807, 2.05) is 11.8 Å². The number of rotatable bonds is 7. The normalized spacial score (nSPS) is 12.8.